The Morgan fingerprint density at radius 2 is 1.14 bits per heavy atom. The molecule has 6 N–H and O–H groups in total. The number of imidazole rings is 2. The van der Waals surface area contributed by atoms with Crippen molar-refractivity contribution in [2.24, 2.45) is 20.5 Å². The molecule has 0 atom stereocenters. The van der Waals surface area contributed by atoms with Gasteiger partial charge in [0.05, 0.1) is 56.6 Å². The lowest BCUT2D eigenvalue weighted by atomic mass is 10.0. The predicted molar refractivity (Wildman–Crippen MR) is 390 cm³/mol. The van der Waals surface area contributed by atoms with E-state index in [-0.39, 0.29) is 68.9 Å². The van der Waals surface area contributed by atoms with E-state index in [9.17, 15) is 28.0 Å². The topological polar surface area (TPSA) is 349 Å². The zero-order valence-electron chi connectivity index (χ0n) is 58.6. The third-order valence-electron chi connectivity index (χ3n) is 16.5. The summed E-state index contributed by atoms with van der Waals surface area (Å²) >= 11 is 2.88. The highest BCUT2D eigenvalue weighted by molar-refractivity contribution is 7.18. The predicted octanol–water partition coefficient (Wildman–Crippen LogP) is 11.8. The Labute approximate surface area is 606 Å². The van der Waals surface area contributed by atoms with Gasteiger partial charge in [0.25, 0.3) is 0 Å². The molecule has 0 saturated carbocycles. The minimum absolute atomic E-state index is 0.0305. The first-order valence-electron chi connectivity index (χ1n) is 34.1. The fraction of sp³-hybridized carbons (Fsp3) is 0.417. The standard InChI is InChI=1S/C41H48FN11O5S.C31H32FN11OS/c1-8-9-17-41(50-51-41)18-14-32(54)44-23-26-12-13-30-28(22-26)48-31(53(30)38(56)58-40(5,6)7)15-20-52(37(55)57-39(2,3)4)21-16-33-49-34-35(46-25-47-36(34)59-33)45-24-29-27(42)11-10-19-43-29;1-2-3-11-31(42-43-31)12-8-26(44)35-17-20-6-7-22-23(16-20)40-25(39-22)9-14-33-15-10-27-41-28-29(37-19-38-30(28)45-27)36-18-24-21(32)5-4-13-34-24/h1,10-13,19,22,25H,9,14-18,20-21,23-24H2,2-7H3,(H,44,54)(H,45,46,47);1,4-7,13,16,19,33H,3,8-12,14-15,17-18H2,(H,35,44)(H,39,40)(H,36,37,38). The van der Waals surface area contributed by atoms with Crippen molar-refractivity contribution in [3.05, 3.63) is 142 Å². The second-order valence-corrected chi connectivity index (χ2v) is 28.9. The number of anilines is 2. The number of hydrogen-bond acceptors (Lipinski definition) is 25. The van der Waals surface area contributed by atoms with E-state index in [0.29, 0.717) is 113 Å². The fourth-order valence-electron chi connectivity index (χ4n) is 11.0. The second-order valence-electron chi connectivity index (χ2n) is 26.8. The number of pyridine rings is 2. The second kappa shape index (κ2) is 33.4. The molecule has 3 amide bonds. The van der Waals surface area contributed by atoms with Gasteiger partial charge in [0.1, 0.15) is 67.8 Å². The van der Waals surface area contributed by atoms with Gasteiger partial charge in [0, 0.05) is 129 Å². The van der Waals surface area contributed by atoms with E-state index in [1.54, 1.807) is 64.8 Å². The molecule has 0 spiro atoms. The first-order chi connectivity index (χ1) is 50.0. The number of fused-ring (bicyclic) bond motifs is 4. The van der Waals surface area contributed by atoms with Crippen molar-refractivity contribution in [3.8, 4) is 24.7 Å². The maximum Gasteiger partial charge on any atom is 0.420 e. The maximum atomic E-state index is 14.2. The fourth-order valence-corrected chi connectivity index (χ4v) is 12.8. The molecule has 28 nitrogen and oxygen atoms in total. The molecular formula is C72H80F2N22O6S2. The molecule has 10 aromatic rings. The van der Waals surface area contributed by atoms with Crippen LogP contribution >= 0.6 is 22.7 Å². The summed E-state index contributed by atoms with van der Waals surface area (Å²) in [5, 5.41) is 33.6. The average Bonchev–Trinajstić information content (AvgIpc) is 1.63. The number of terminal acetylenes is 2. The molecule has 10 heterocycles. The molecule has 2 aliphatic rings. The van der Waals surface area contributed by atoms with Crippen LogP contribution in [-0.2, 0) is 70.9 Å². The molecule has 0 bridgehead atoms. The quantitative estimate of drug-likeness (QED) is 0.0168. The zero-order valence-corrected chi connectivity index (χ0v) is 60.2. The highest BCUT2D eigenvalue weighted by Gasteiger charge is 2.40. The van der Waals surface area contributed by atoms with Crippen LogP contribution in [0.15, 0.2) is 106 Å². The van der Waals surface area contributed by atoms with Gasteiger partial charge in [0.15, 0.2) is 23.0 Å². The number of carbonyl (C=O) groups excluding carboxylic acids is 4. The largest absolute Gasteiger partial charge is 0.444 e. The molecule has 12 rings (SSSR count). The number of benzene rings is 2. The van der Waals surface area contributed by atoms with Crippen molar-refractivity contribution in [2.45, 2.75) is 167 Å². The molecule has 32 heteroatoms. The Bertz CT molecular complexity index is 4880. The Kier molecular flexibility index (Phi) is 23.9. The molecule has 8 aromatic heterocycles. The summed E-state index contributed by atoms with van der Waals surface area (Å²) in [6.07, 6.45) is 21.7. The van der Waals surface area contributed by atoms with E-state index in [4.69, 9.17) is 42.3 Å². The van der Waals surface area contributed by atoms with Crippen LogP contribution in [0.2, 0.25) is 0 Å². The van der Waals surface area contributed by atoms with Crippen LogP contribution in [-0.4, -0.2) is 137 Å². The van der Waals surface area contributed by atoms with E-state index in [1.807, 2.05) is 30.3 Å². The summed E-state index contributed by atoms with van der Waals surface area (Å²) in [5.74, 6) is 6.49. The third-order valence-corrected chi connectivity index (χ3v) is 18.5. The van der Waals surface area contributed by atoms with Crippen molar-refractivity contribution in [2.75, 3.05) is 36.8 Å². The molecule has 0 radical (unpaired) electrons. The van der Waals surface area contributed by atoms with Crippen LogP contribution in [0.3, 0.4) is 0 Å². The lowest BCUT2D eigenvalue weighted by molar-refractivity contribution is -0.122. The molecule has 0 fully saturated rings. The Hall–Kier alpha value is -11.0. The van der Waals surface area contributed by atoms with Gasteiger partial charge in [-0.25, -0.2) is 62.8 Å². The van der Waals surface area contributed by atoms with Crippen molar-refractivity contribution < 1.29 is 37.4 Å². The number of aromatic nitrogens is 12. The monoisotopic (exact) mass is 1450 g/mol. The summed E-state index contributed by atoms with van der Waals surface area (Å²) in [4.78, 5) is 103. The number of hydrogen-bond donors (Lipinski definition) is 6. The molecule has 2 aromatic carbocycles. The number of H-pyrrole nitrogens is 1. The number of ether oxygens (including phenoxy) is 2. The number of aromatic amines is 1. The Balaban J connectivity index is 0.000000216. The number of nitrogens with one attached hydrogen (secondary N) is 6. The van der Waals surface area contributed by atoms with Crippen molar-refractivity contribution in [1.29, 1.82) is 0 Å². The lowest BCUT2D eigenvalue weighted by Gasteiger charge is -2.27. The van der Waals surface area contributed by atoms with Crippen LogP contribution in [0.25, 0.3) is 42.8 Å². The SMILES string of the molecule is C#CCCC1(CCC(=O)NCc2ccc3c(c2)nc(CCN(CCc2nc4c(NCc5ncccc5F)ncnc4s2)C(=O)OC(C)(C)C)n3C(=O)OC(C)(C)C)N=N1.C#CCCC1(CCC(=O)NCc2ccc3nc(CCNCCc4nc5c(NCc6ncccc6F)ncnc5s4)[nH]c3c2)N=N1. The van der Waals surface area contributed by atoms with Crippen molar-refractivity contribution in [1.82, 2.24) is 80.2 Å². The normalized spacial score (nSPS) is 13.2. The number of halogens is 2. The van der Waals surface area contributed by atoms with E-state index in [1.165, 1.54) is 64.3 Å². The Morgan fingerprint density at radius 3 is 1.69 bits per heavy atom. The van der Waals surface area contributed by atoms with E-state index in [2.05, 4.69) is 93.8 Å². The maximum absolute atomic E-state index is 14.2. The molecule has 540 valence electrons. The van der Waals surface area contributed by atoms with Crippen LogP contribution in [0.4, 0.5) is 30.0 Å². The van der Waals surface area contributed by atoms with Crippen molar-refractivity contribution in [3.63, 3.8) is 0 Å². The van der Waals surface area contributed by atoms with E-state index >= 15 is 0 Å². The number of thiazole rings is 2. The zero-order chi connectivity index (χ0) is 73.4. The van der Waals surface area contributed by atoms with Crippen LogP contribution in [0.1, 0.15) is 137 Å². The highest BCUT2D eigenvalue weighted by Crippen LogP contribution is 2.39. The average molecular weight is 1450 g/mol. The highest BCUT2D eigenvalue weighted by atomic mass is 32.1. The summed E-state index contributed by atoms with van der Waals surface area (Å²) in [6, 6.07) is 17.2. The van der Waals surface area contributed by atoms with Gasteiger partial charge < -0.3 is 45.9 Å². The molecule has 104 heavy (non-hydrogen) atoms. The van der Waals surface area contributed by atoms with E-state index < -0.39 is 40.5 Å². The minimum atomic E-state index is -0.788. The summed E-state index contributed by atoms with van der Waals surface area (Å²) in [5.41, 5.74) is 3.86. The van der Waals surface area contributed by atoms with Crippen LogP contribution in [0.5, 0.6) is 0 Å². The van der Waals surface area contributed by atoms with Crippen LogP contribution < -0.4 is 26.6 Å². The number of carbonyl (C=O) groups is 4. The lowest BCUT2D eigenvalue weighted by Crippen LogP contribution is -2.39. The first-order valence-corrected chi connectivity index (χ1v) is 35.7. The summed E-state index contributed by atoms with van der Waals surface area (Å²) < 4.78 is 41.1. The number of amides is 3. The minimum Gasteiger partial charge on any atom is -0.444 e. The van der Waals surface area contributed by atoms with Crippen LogP contribution in [0, 0.1) is 36.3 Å². The van der Waals surface area contributed by atoms with Gasteiger partial charge in [-0.2, -0.15) is 20.5 Å². The summed E-state index contributed by atoms with van der Waals surface area (Å²) in [6.45, 7) is 13.6. The third kappa shape index (κ3) is 20.7. The van der Waals surface area contributed by atoms with Gasteiger partial charge in [-0.3, -0.25) is 19.6 Å². The van der Waals surface area contributed by atoms with Gasteiger partial charge in [-0.1, -0.05) is 34.8 Å². The number of nitrogens with zero attached hydrogens (tertiary/aromatic N) is 16. The molecule has 2 aliphatic heterocycles. The molecular weight excluding hydrogens is 1370 g/mol. The van der Waals surface area contributed by atoms with Gasteiger partial charge in [-0.15, -0.1) is 24.7 Å². The van der Waals surface area contributed by atoms with Crippen molar-refractivity contribution >= 4 is 101 Å². The van der Waals surface area contributed by atoms with Gasteiger partial charge in [-0.05, 0) is 101 Å². The first kappa shape index (κ1) is 74.2. The van der Waals surface area contributed by atoms with Gasteiger partial charge >= 0.3 is 12.2 Å². The summed E-state index contributed by atoms with van der Waals surface area (Å²) in [7, 11) is 0. The molecule has 0 saturated heterocycles. The van der Waals surface area contributed by atoms with E-state index in [0.717, 1.165) is 63.8 Å². The smallest absolute Gasteiger partial charge is 0.420 e. The molecule has 0 unspecified atom stereocenters. The molecule has 0 aliphatic carbocycles. The van der Waals surface area contributed by atoms with Gasteiger partial charge in [0.2, 0.25) is 11.8 Å². The number of rotatable bonds is 32. The Morgan fingerprint density at radius 1 is 0.606 bits per heavy atom.